The van der Waals surface area contributed by atoms with Gasteiger partial charge in [0, 0.05) is 37.9 Å². The maximum atomic E-state index is 13.4. The van der Waals surface area contributed by atoms with Crippen LogP contribution in [0.1, 0.15) is 48.8 Å². The van der Waals surface area contributed by atoms with Crippen molar-refractivity contribution in [1.82, 2.24) is 15.1 Å². The number of carbonyl (C=O) groups excluding carboxylic acids is 2. The van der Waals surface area contributed by atoms with Crippen molar-refractivity contribution < 1.29 is 9.59 Å². The minimum atomic E-state index is -0.200. The van der Waals surface area contributed by atoms with E-state index in [1.165, 1.54) is 36.0 Å². The van der Waals surface area contributed by atoms with E-state index in [2.05, 4.69) is 63.9 Å². The van der Waals surface area contributed by atoms with Gasteiger partial charge in [0.05, 0.1) is 11.8 Å². The number of fused-ring (bicyclic) bond motifs is 1. The van der Waals surface area contributed by atoms with Crippen molar-refractivity contribution in [1.29, 1.82) is 0 Å². The lowest BCUT2D eigenvalue weighted by Gasteiger charge is -2.36. The van der Waals surface area contributed by atoms with Gasteiger partial charge < -0.3 is 20.4 Å². The predicted octanol–water partition coefficient (Wildman–Crippen LogP) is 3.90. The van der Waals surface area contributed by atoms with Gasteiger partial charge in [0.1, 0.15) is 0 Å². The number of hydrogen-bond donors (Lipinski definition) is 2. The molecule has 5 rings (SSSR count). The van der Waals surface area contributed by atoms with Crippen LogP contribution in [0.15, 0.2) is 48.5 Å². The van der Waals surface area contributed by atoms with Crippen LogP contribution < -0.4 is 10.6 Å². The minimum Gasteiger partial charge on any atom is -0.356 e. The average molecular weight is 503 g/mol. The fourth-order valence-corrected chi connectivity index (χ4v) is 6.43. The molecule has 6 heteroatoms. The highest BCUT2D eigenvalue weighted by Gasteiger charge is 2.35. The van der Waals surface area contributed by atoms with E-state index in [-0.39, 0.29) is 23.7 Å². The van der Waals surface area contributed by atoms with Gasteiger partial charge in [-0.25, -0.2) is 0 Å². The minimum absolute atomic E-state index is 0.0349. The summed E-state index contributed by atoms with van der Waals surface area (Å²) in [6.45, 7) is 4.12. The van der Waals surface area contributed by atoms with Gasteiger partial charge in [-0.05, 0) is 93.8 Å². The first kappa shape index (κ1) is 25.9. The second-order valence-electron chi connectivity index (χ2n) is 11.3. The van der Waals surface area contributed by atoms with E-state index in [1.54, 1.807) is 0 Å². The van der Waals surface area contributed by atoms with E-state index in [4.69, 9.17) is 0 Å². The largest absolute Gasteiger partial charge is 0.356 e. The number of aryl methyl sites for hydroxylation is 2. The summed E-state index contributed by atoms with van der Waals surface area (Å²) in [6, 6.07) is 17.4. The van der Waals surface area contributed by atoms with Crippen molar-refractivity contribution >= 4 is 17.5 Å². The Labute approximate surface area is 221 Å². The molecule has 0 aromatic heterocycles. The summed E-state index contributed by atoms with van der Waals surface area (Å²) in [5, 5.41) is 6.39. The van der Waals surface area contributed by atoms with Crippen LogP contribution in [0, 0.1) is 11.8 Å². The van der Waals surface area contributed by atoms with Crippen LogP contribution in [0.25, 0.3) is 0 Å². The summed E-state index contributed by atoms with van der Waals surface area (Å²) in [5.74, 6) is -0.232. The molecule has 2 aromatic rings. The predicted molar refractivity (Wildman–Crippen MR) is 149 cm³/mol. The quantitative estimate of drug-likeness (QED) is 0.546. The molecule has 3 aliphatic rings. The van der Waals surface area contributed by atoms with Crippen LogP contribution in [0.3, 0.4) is 0 Å². The number of hydrogen-bond acceptors (Lipinski definition) is 4. The second kappa shape index (κ2) is 12.2. The van der Waals surface area contributed by atoms with Crippen molar-refractivity contribution in [3.8, 4) is 0 Å². The third-order valence-electron chi connectivity index (χ3n) is 8.64. The van der Waals surface area contributed by atoms with Gasteiger partial charge in [-0.1, -0.05) is 36.4 Å². The fourth-order valence-electron chi connectivity index (χ4n) is 6.43. The lowest BCUT2D eigenvalue weighted by molar-refractivity contribution is -0.130. The number of nitrogens with one attached hydrogen (secondary N) is 2. The number of anilines is 1. The molecule has 0 saturated carbocycles. The molecule has 37 heavy (non-hydrogen) atoms. The zero-order chi connectivity index (χ0) is 25.6. The van der Waals surface area contributed by atoms with Crippen LogP contribution in [-0.2, 0) is 28.9 Å². The topological polar surface area (TPSA) is 64.7 Å². The molecular weight excluding hydrogens is 460 g/mol. The van der Waals surface area contributed by atoms with E-state index in [0.717, 1.165) is 44.5 Å². The van der Waals surface area contributed by atoms with E-state index >= 15 is 0 Å². The Morgan fingerprint density at radius 2 is 1.73 bits per heavy atom. The maximum Gasteiger partial charge on any atom is 0.228 e. The summed E-state index contributed by atoms with van der Waals surface area (Å²) in [4.78, 5) is 31.4. The summed E-state index contributed by atoms with van der Waals surface area (Å²) in [5.41, 5.74) is 4.93. The van der Waals surface area contributed by atoms with E-state index in [0.29, 0.717) is 32.1 Å². The van der Waals surface area contributed by atoms with Crippen LogP contribution in [0.4, 0.5) is 5.69 Å². The standard InChI is InChI=1S/C31H42N4O2/c1-34-17-6-11-29(34)14-16-32-30(36)26-19-27(22-35(21-26)18-15-23-7-3-2-4-8-23)31(37)33-28-13-12-24-9-5-10-25(24)20-28/h2-4,7-8,12-13,20,26-27,29H,5-6,9-11,14-19,21-22H2,1H3,(H,32,36)(H,33,37)/t26-,27+,29+/m0/s1. The third-order valence-corrected chi connectivity index (χ3v) is 8.64. The number of rotatable bonds is 9. The fraction of sp³-hybridized carbons (Fsp3) is 0.548. The van der Waals surface area contributed by atoms with Crippen molar-refractivity contribution in [2.24, 2.45) is 11.8 Å². The first-order valence-electron chi connectivity index (χ1n) is 14.2. The van der Waals surface area contributed by atoms with E-state index < -0.39 is 0 Å². The van der Waals surface area contributed by atoms with Gasteiger partial charge in [0.25, 0.3) is 0 Å². The zero-order valence-corrected chi connectivity index (χ0v) is 22.3. The summed E-state index contributed by atoms with van der Waals surface area (Å²) < 4.78 is 0. The van der Waals surface area contributed by atoms with Gasteiger partial charge in [-0.2, -0.15) is 0 Å². The molecule has 0 bridgehead atoms. The molecule has 6 nitrogen and oxygen atoms in total. The molecule has 2 aliphatic heterocycles. The Balaban J connectivity index is 1.21. The number of piperidine rings is 1. The van der Waals surface area contributed by atoms with Crippen molar-refractivity contribution in [2.45, 2.75) is 57.4 Å². The molecule has 1 aliphatic carbocycles. The highest BCUT2D eigenvalue weighted by atomic mass is 16.2. The SMILES string of the molecule is CN1CCC[C@@H]1CCNC(=O)[C@H]1C[C@@H](C(=O)Nc2ccc3c(c2)CCC3)CN(CCc2ccccc2)C1. The van der Waals surface area contributed by atoms with Crippen molar-refractivity contribution in [3.05, 3.63) is 65.2 Å². The lowest BCUT2D eigenvalue weighted by atomic mass is 9.87. The molecule has 0 spiro atoms. The Morgan fingerprint density at radius 1 is 0.946 bits per heavy atom. The highest BCUT2D eigenvalue weighted by Crippen LogP contribution is 2.27. The molecule has 2 fully saturated rings. The average Bonchev–Trinajstić information content (AvgIpc) is 3.56. The summed E-state index contributed by atoms with van der Waals surface area (Å²) in [7, 11) is 2.18. The molecular formula is C31H42N4O2. The van der Waals surface area contributed by atoms with Gasteiger partial charge >= 0.3 is 0 Å². The smallest absolute Gasteiger partial charge is 0.228 e. The Morgan fingerprint density at radius 3 is 2.51 bits per heavy atom. The number of nitrogens with zero attached hydrogens (tertiary/aromatic N) is 2. The molecule has 2 amide bonds. The van der Waals surface area contributed by atoms with Gasteiger partial charge in [0.15, 0.2) is 0 Å². The van der Waals surface area contributed by atoms with Crippen LogP contribution >= 0.6 is 0 Å². The Kier molecular flexibility index (Phi) is 8.57. The van der Waals surface area contributed by atoms with E-state index in [9.17, 15) is 9.59 Å². The molecule has 2 N–H and O–H groups in total. The maximum absolute atomic E-state index is 13.4. The van der Waals surface area contributed by atoms with Crippen LogP contribution in [-0.4, -0.2) is 67.4 Å². The Hall–Kier alpha value is -2.70. The molecule has 2 saturated heterocycles. The lowest BCUT2D eigenvalue weighted by Crippen LogP contribution is -2.50. The number of benzene rings is 2. The first-order chi connectivity index (χ1) is 18.0. The van der Waals surface area contributed by atoms with Crippen molar-refractivity contribution in [3.63, 3.8) is 0 Å². The van der Waals surface area contributed by atoms with Gasteiger partial charge in [-0.3, -0.25) is 9.59 Å². The highest BCUT2D eigenvalue weighted by molar-refractivity contribution is 5.93. The molecule has 0 radical (unpaired) electrons. The molecule has 3 atom stereocenters. The Bertz CT molecular complexity index is 1070. The summed E-state index contributed by atoms with van der Waals surface area (Å²) in [6.07, 6.45) is 8.40. The molecule has 198 valence electrons. The monoisotopic (exact) mass is 502 g/mol. The third kappa shape index (κ3) is 6.79. The van der Waals surface area contributed by atoms with Gasteiger partial charge in [-0.15, -0.1) is 0 Å². The first-order valence-corrected chi connectivity index (χ1v) is 14.2. The zero-order valence-electron chi connectivity index (χ0n) is 22.3. The molecule has 2 heterocycles. The number of likely N-dealkylation sites (tertiary alicyclic amines) is 2. The summed E-state index contributed by atoms with van der Waals surface area (Å²) >= 11 is 0. The van der Waals surface area contributed by atoms with Crippen molar-refractivity contribution in [2.75, 3.05) is 45.1 Å². The van der Waals surface area contributed by atoms with Gasteiger partial charge in [0.2, 0.25) is 11.8 Å². The molecule has 0 unspecified atom stereocenters. The number of amides is 2. The van der Waals surface area contributed by atoms with E-state index in [1.807, 2.05) is 12.1 Å². The van der Waals surface area contributed by atoms with Crippen LogP contribution in [0.5, 0.6) is 0 Å². The van der Waals surface area contributed by atoms with Crippen LogP contribution in [0.2, 0.25) is 0 Å². The normalized spacial score (nSPS) is 24.1. The number of carbonyl (C=O) groups is 2. The second-order valence-corrected chi connectivity index (χ2v) is 11.3. The molecule has 2 aromatic carbocycles.